The maximum absolute atomic E-state index is 5.47. The number of nitrogens with one attached hydrogen (secondary N) is 1. The van der Waals surface area contributed by atoms with Gasteiger partial charge in [0.25, 0.3) is 0 Å². The molecule has 0 saturated carbocycles. The number of hydrogen-bond acceptors (Lipinski definition) is 4. The molecule has 0 aliphatic carbocycles. The lowest BCUT2D eigenvalue weighted by molar-refractivity contribution is 0.181. The van der Waals surface area contributed by atoms with Crippen molar-refractivity contribution in [3.05, 3.63) is 11.9 Å². The van der Waals surface area contributed by atoms with Crippen molar-refractivity contribution in [1.29, 1.82) is 0 Å². The minimum atomic E-state index is 0.350. The molecule has 0 spiro atoms. The molecule has 2 heterocycles. The normalized spacial score (nSPS) is 21.3. The second kappa shape index (κ2) is 6.85. The van der Waals surface area contributed by atoms with Gasteiger partial charge in [0.15, 0.2) is 0 Å². The first-order valence-electron chi connectivity index (χ1n) is 7.04. The quantitative estimate of drug-likeness (QED) is 0.803. The molecule has 1 aromatic heterocycles. The fraction of sp³-hybridized carbons (Fsp3) is 0.846. The maximum Gasteiger partial charge on any atom is 0.0756 e. The summed E-state index contributed by atoms with van der Waals surface area (Å²) in [6, 6.07) is 0.350. The third-order valence-electron chi connectivity index (χ3n) is 3.48. The molecule has 1 fully saturated rings. The van der Waals surface area contributed by atoms with E-state index in [0.717, 1.165) is 39.1 Å². The number of hydrogen-bond donors (Lipinski definition) is 1. The van der Waals surface area contributed by atoms with Gasteiger partial charge >= 0.3 is 0 Å². The van der Waals surface area contributed by atoms with E-state index in [4.69, 9.17) is 4.74 Å². The lowest BCUT2D eigenvalue weighted by Gasteiger charge is -2.21. The Morgan fingerprint density at radius 3 is 3.11 bits per heavy atom. The number of ether oxygens (including phenoxy) is 1. The van der Waals surface area contributed by atoms with Crippen LogP contribution in [-0.2, 0) is 11.3 Å². The van der Waals surface area contributed by atoms with Crippen LogP contribution in [-0.4, -0.2) is 34.8 Å². The lowest BCUT2D eigenvalue weighted by atomic mass is 9.97. The second-order valence-electron chi connectivity index (χ2n) is 4.96. The van der Waals surface area contributed by atoms with Crippen molar-refractivity contribution in [3.63, 3.8) is 0 Å². The molecule has 5 heteroatoms. The van der Waals surface area contributed by atoms with Crippen LogP contribution in [0.1, 0.15) is 44.8 Å². The summed E-state index contributed by atoms with van der Waals surface area (Å²) < 4.78 is 7.50. The minimum absolute atomic E-state index is 0.350. The van der Waals surface area contributed by atoms with E-state index in [1.807, 2.05) is 10.9 Å². The number of rotatable bonds is 7. The summed E-state index contributed by atoms with van der Waals surface area (Å²) in [6.45, 7) is 8.03. The highest BCUT2D eigenvalue weighted by Gasteiger charge is 2.23. The Hall–Kier alpha value is -0.940. The fourth-order valence-electron chi connectivity index (χ4n) is 2.58. The highest BCUT2D eigenvalue weighted by atomic mass is 16.5. The first-order valence-corrected chi connectivity index (χ1v) is 7.04. The Kier molecular flexibility index (Phi) is 5.13. The van der Waals surface area contributed by atoms with Gasteiger partial charge in [-0.05, 0) is 31.7 Å². The summed E-state index contributed by atoms with van der Waals surface area (Å²) in [5.74, 6) is 0.666. The fourth-order valence-corrected chi connectivity index (χ4v) is 2.58. The molecule has 1 saturated heterocycles. The third kappa shape index (κ3) is 3.29. The average molecular weight is 252 g/mol. The van der Waals surface area contributed by atoms with Crippen LogP contribution in [0.15, 0.2) is 6.20 Å². The number of aromatic nitrogens is 3. The zero-order chi connectivity index (χ0) is 12.8. The van der Waals surface area contributed by atoms with Crippen molar-refractivity contribution in [1.82, 2.24) is 20.3 Å². The van der Waals surface area contributed by atoms with E-state index in [-0.39, 0.29) is 0 Å². The number of nitrogens with zero attached hydrogens (tertiary/aromatic N) is 3. The monoisotopic (exact) mass is 252 g/mol. The first-order chi connectivity index (χ1) is 8.85. The molecule has 0 amide bonds. The third-order valence-corrected chi connectivity index (χ3v) is 3.48. The summed E-state index contributed by atoms with van der Waals surface area (Å²) in [5.41, 5.74) is 1.21. The standard InChI is InChI=1S/C13H24N4O/c1-3-6-17-13(9-15-16-17)12(14-4-2)8-11-5-7-18-10-11/h9,11-12,14H,3-8,10H2,1-2H3. The van der Waals surface area contributed by atoms with Crippen molar-refractivity contribution >= 4 is 0 Å². The molecular weight excluding hydrogens is 228 g/mol. The molecule has 102 valence electrons. The predicted molar refractivity (Wildman–Crippen MR) is 70.3 cm³/mol. The van der Waals surface area contributed by atoms with Crippen LogP contribution in [0.5, 0.6) is 0 Å². The van der Waals surface area contributed by atoms with Crippen molar-refractivity contribution in [2.45, 2.75) is 45.7 Å². The Morgan fingerprint density at radius 2 is 2.44 bits per heavy atom. The second-order valence-corrected chi connectivity index (χ2v) is 4.96. The van der Waals surface area contributed by atoms with Gasteiger partial charge in [-0.3, -0.25) is 0 Å². The van der Waals surface area contributed by atoms with Crippen molar-refractivity contribution in [2.75, 3.05) is 19.8 Å². The highest BCUT2D eigenvalue weighted by Crippen LogP contribution is 2.26. The largest absolute Gasteiger partial charge is 0.381 e. The molecule has 1 aliphatic heterocycles. The van der Waals surface area contributed by atoms with E-state index >= 15 is 0 Å². The Labute approximate surface area is 109 Å². The van der Waals surface area contributed by atoms with Gasteiger partial charge in [0, 0.05) is 19.8 Å². The maximum atomic E-state index is 5.47. The van der Waals surface area contributed by atoms with Gasteiger partial charge in [-0.25, -0.2) is 4.68 Å². The van der Waals surface area contributed by atoms with Gasteiger partial charge in [-0.2, -0.15) is 0 Å². The molecule has 2 atom stereocenters. The van der Waals surface area contributed by atoms with E-state index in [9.17, 15) is 0 Å². The van der Waals surface area contributed by atoms with E-state index in [1.54, 1.807) is 0 Å². The van der Waals surface area contributed by atoms with E-state index in [2.05, 4.69) is 29.5 Å². The Bertz CT molecular complexity index is 347. The van der Waals surface area contributed by atoms with Crippen LogP contribution < -0.4 is 5.32 Å². The van der Waals surface area contributed by atoms with E-state index in [0.29, 0.717) is 12.0 Å². The minimum Gasteiger partial charge on any atom is -0.381 e. The van der Waals surface area contributed by atoms with E-state index < -0.39 is 0 Å². The van der Waals surface area contributed by atoms with Crippen LogP contribution in [0, 0.1) is 5.92 Å². The average Bonchev–Trinajstić information content (AvgIpc) is 3.00. The van der Waals surface area contributed by atoms with Crippen LogP contribution in [0.2, 0.25) is 0 Å². The summed E-state index contributed by atoms with van der Waals surface area (Å²) in [6.07, 6.45) is 5.28. The van der Waals surface area contributed by atoms with Gasteiger partial charge < -0.3 is 10.1 Å². The van der Waals surface area contributed by atoms with Crippen LogP contribution in [0.3, 0.4) is 0 Å². The molecule has 0 radical (unpaired) electrons. The van der Waals surface area contributed by atoms with Crippen molar-refractivity contribution < 1.29 is 4.74 Å². The Balaban J connectivity index is 2.04. The molecule has 5 nitrogen and oxygen atoms in total. The number of aryl methyl sites for hydroxylation is 1. The summed E-state index contributed by atoms with van der Waals surface area (Å²) in [7, 11) is 0. The van der Waals surface area contributed by atoms with Gasteiger partial charge in [-0.15, -0.1) is 5.10 Å². The lowest BCUT2D eigenvalue weighted by Crippen LogP contribution is -2.26. The molecule has 18 heavy (non-hydrogen) atoms. The van der Waals surface area contributed by atoms with Gasteiger partial charge in [0.05, 0.1) is 17.9 Å². The van der Waals surface area contributed by atoms with Gasteiger partial charge in [0.2, 0.25) is 0 Å². The molecule has 1 aliphatic rings. The smallest absolute Gasteiger partial charge is 0.0756 e. The van der Waals surface area contributed by atoms with E-state index in [1.165, 1.54) is 12.1 Å². The summed E-state index contributed by atoms with van der Waals surface area (Å²) in [5, 5.41) is 11.8. The first kappa shape index (κ1) is 13.5. The zero-order valence-corrected chi connectivity index (χ0v) is 11.4. The molecular formula is C13H24N4O. The predicted octanol–water partition coefficient (Wildman–Crippen LogP) is 1.77. The summed E-state index contributed by atoms with van der Waals surface area (Å²) in [4.78, 5) is 0. The summed E-state index contributed by atoms with van der Waals surface area (Å²) >= 11 is 0. The molecule has 0 bridgehead atoms. The molecule has 0 aromatic carbocycles. The van der Waals surface area contributed by atoms with Crippen LogP contribution >= 0.6 is 0 Å². The Morgan fingerprint density at radius 1 is 1.56 bits per heavy atom. The van der Waals surface area contributed by atoms with Crippen LogP contribution in [0.4, 0.5) is 0 Å². The van der Waals surface area contributed by atoms with Gasteiger partial charge in [0.1, 0.15) is 0 Å². The molecule has 1 N–H and O–H groups in total. The molecule has 2 rings (SSSR count). The molecule has 1 aromatic rings. The van der Waals surface area contributed by atoms with Crippen LogP contribution in [0.25, 0.3) is 0 Å². The molecule has 2 unspecified atom stereocenters. The zero-order valence-electron chi connectivity index (χ0n) is 11.4. The highest BCUT2D eigenvalue weighted by molar-refractivity contribution is 5.03. The SMILES string of the molecule is CCCn1nncc1C(CC1CCOC1)NCC. The van der Waals surface area contributed by atoms with Crippen molar-refractivity contribution in [2.24, 2.45) is 5.92 Å². The van der Waals surface area contributed by atoms with Crippen molar-refractivity contribution in [3.8, 4) is 0 Å². The van der Waals surface area contributed by atoms with Gasteiger partial charge in [-0.1, -0.05) is 19.1 Å². The topological polar surface area (TPSA) is 52.0 Å².